The Kier molecular flexibility index (Phi) is 6.35. The molecule has 0 spiro atoms. The van der Waals surface area contributed by atoms with Crippen LogP contribution in [0.1, 0.15) is 18.5 Å². The minimum atomic E-state index is -0.590. The second-order valence-electron chi connectivity index (χ2n) is 8.46. The van der Waals surface area contributed by atoms with E-state index in [4.69, 9.17) is 23.9 Å². The lowest BCUT2D eigenvalue weighted by Gasteiger charge is -2.32. The van der Waals surface area contributed by atoms with Gasteiger partial charge in [0.05, 0.1) is 56.8 Å². The van der Waals surface area contributed by atoms with Crippen LogP contribution in [0.15, 0.2) is 71.9 Å². The van der Waals surface area contributed by atoms with Crippen molar-refractivity contribution in [2.24, 2.45) is 0 Å². The number of benzene rings is 3. The Bertz CT molecular complexity index is 1520. The van der Waals surface area contributed by atoms with E-state index in [0.29, 0.717) is 45.9 Å². The summed E-state index contributed by atoms with van der Waals surface area (Å²) in [5.41, 5.74) is 4.10. The molecule has 190 valence electrons. The predicted molar refractivity (Wildman–Crippen MR) is 142 cm³/mol. The second-order valence-corrected chi connectivity index (χ2v) is 8.46. The van der Waals surface area contributed by atoms with Gasteiger partial charge in [0.25, 0.3) is 5.91 Å². The summed E-state index contributed by atoms with van der Waals surface area (Å²) >= 11 is 0. The van der Waals surface area contributed by atoms with E-state index in [2.05, 4.69) is 10.6 Å². The van der Waals surface area contributed by atoms with Crippen molar-refractivity contribution < 1.29 is 23.7 Å². The number of hydrogen-bond acceptors (Lipinski definition) is 7. The highest BCUT2D eigenvalue weighted by Gasteiger charge is 2.36. The molecule has 9 nitrogen and oxygen atoms in total. The van der Waals surface area contributed by atoms with E-state index in [1.54, 1.807) is 46.6 Å². The van der Waals surface area contributed by atoms with Gasteiger partial charge >= 0.3 is 0 Å². The highest BCUT2D eigenvalue weighted by Crippen LogP contribution is 2.46. The molecule has 1 aromatic heterocycles. The van der Waals surface area contributed by atoms with E-state index in [1.165, 1.54) is 0 Å². The van der Waals surface area contributed by atoms with Crippen molar-refractivity contribution in [1.82, 2.24) is 9.55 Å². The molecule has 2 heterocycles. The highest BCUT2D eigenvalue weighted by molar-refractivity contribution is 6.07. The first kappa shape index (κ1) is 24.1. The zero-order valence-electron chi connectivity index (χ0n) is 21.3. The normalized spacial score (nSPS) is 14.6. The van der Waals surface area contributed by atoms with E-state index in [9.17, 15) is 4.79 Å². The molecule has 37 heavy (non-hydrogen) atoms. The van der Waals surface area contributed by atoms with Gasteiger partial charge in [-0.2, -0.15) is 0 Å². The summed E-state index contributed by atoms with van der Waals surface area (Å²) in [5, 5.41) is 6.35. The smallest absolute Gasteiger partial charge is 0.255 e. The first-order valence-corrected chi connectivity index (χ1v) is 11.7. The molecule has 0 radical (unpaired) electrons. The fourth-order valence-corrected chi connectivity index (χ4v) is 4.76. The minimum absolute atomic E-state index is 0.292. The van der Waals surface area contributed by atoms with Crippen LogP contribution in [0.4, 0.5) is 11.6 Å². The number of ether oxygens (including phenoxy) is 4. The molecule has 1 aliphatic heterocycles. The van der Waals surface area contributed by atoms with Crippen molar-refractivity contribution >= 4 is 28.6 Å². The topological polar surface area (TPSA) is 95.9 Å². The maximum Gasteiger partial charge on any atom is 0.255 e. The summed E-state index contributed by atoms with van der Waals surface area (Å²) in [7, 11) is 6.30. The summed E-state index contributed by atoms with van der Waals surface area (Å²) < 4.78 is 24.4. The number of carbonyl (C=O) groups is 1. The van der Waals surface area contributed by atoms with Crippen LogP contribution in [0, 0.1) is 0 Å². The Morgan fingerprint density at radius 2 is 1.51 bits per heavy atom. The number of anilines is 2. The number of para-hydroxylation sites is 4. The number of fused-ring (bicyclic) bond motifs is 3. The summed E-state index contributed by atoms with van der Waals surface area (Å²) in [6.45, 7) is 1.86. The molecule has 0 bridgehead atoms. The van der Waals surface area contributed by atoms with E-state index >= 15 is 0 Å². The Balaban J connectivity index is 1.74. The number of methoxy groups -OCH3 is 4. The quantitative estimate of drug-likeness (QED) is 0.369. The first-order chi connectivity index (χ1) is 18.0. The maximum absolute atomic E-state index is 14.0. The number of amides is 1. The Morgan fingerprint density at radius 1 is 0.865 bits per heavy atom. The molecule has 1 amide bonds. The number of hydrogen-bond donors (Lipinski definition) is 2. The lowest BCUT2D eigenvalue weighted by Crippen LogP contribution is -2.31. The van der Waals surface area contributed by atoms with Gasteiger partial charge in [-0.1, -0.05) is 24.3 Å². The van der Waals surface area contributed by atoms with Gasteiger partial charge in [-0.15, -0.1) is 0 Å². The zero-order chi connectivity index (χ0) is 26.1. The molecular formula is C28H28N4O5. The van der Waals surface area contributed by atoms with Gasteiger partial charge in [-0.05, 0) is 37.3 Å². The molecule has 0 unspecified atom stereocenters. The molecule has 1 aliphatic rings. The Morgan fingerprint density at radius 3 is 2.24 bits per heavy atom. The minimum Gasteiger partial charge on any atom is -0.496 e. The van der Waals surface area contributed by atoms with Crippen LogP contribution in [-0.4, -0.2) is 43.9 Å². The number of aromatic nitrogens is 2. The van der Waals surface area contributed by atoms with Crippen molar-refractivity contribution in [2.75, 3.05) is 39.1 Å². The molecule has 2 N–H and O–H groups in total. The lowest BCUT2D eigenvalue weighted by molar-refractivity contribution is -0.113. The number of nitrogens with zero attached hydrogens (tertiary/aromatic N) is 2. The first-order valence-electron chi connectivity index (χ1n) is 11.7. The van der Waals surface area contributed by atoms with Crippen molar-refractivity contribution in [2.45, 2.75) is 13.0 Å². The van der Waals surface area contributed by atoms with Gasteiger partial charge < -0.3 is 29.6 Å². The average Bonchev–Trinajstić information content (AvgIpc) is 3.29. The van der Waals surface area contributed by atoms with Gasteiger partial charge in [0.15, 0.2) is 11.5 Å². The van der Waals surface area contributed by atoms with Crippen LogP contribution < -0.4 is 29.6 Å². The van der Waals surface area contributed by atoms with Crippen LogP contribution in [-0.2, 0) is 4.79 Å². The number of nitrogens with one attached hydrogen (secondary N) is 2. The van der Waals surface area contributed by atoms with Gasteiger partial charge in [0.2, 0.25) is 5.95 Å². The van der Waals surface area contributed by atoms with Gasteiger partial charge in [-0.3, -0.25) is 9.36 Å². The molecule has 9 heteroatoms. The molecule has 5 rings (SSSR count). The van der Waals surface area contributed by atoms with Crippen LogP contribution in [0.3, 0.4) is 0 Å². The summed E-state index contributed by atoms with van der Waals surface area (Å²) in [6.07, 6.45) is 0. The fourth-order valence-electron chi connectivity index (χ4n) is 4.76. The standard InChI is InChI=1S/C28H28N4O5/c1-16-25(27(33)30-19-11-7-9-13-21(19)34-2)26(17-14-23(36-4)24(37-5)15-22(17)35-3)32-20-12-8-6-10-18(20)31-28(32)29-16/h6-15,26H,1-5H3,(H,29,31)(H,30,33)/t26-/m1/s1. The van der Waals surface area contributed by atoms with Crippen LogP contribution in [0.5, 0.6) is 23.0 Å². The van der Waals surface area contributed by atoms with Gasteiger partial charge in [-0.25, -0.2) is 4.98 Å². The average molecular weight is 501 g/mol. The van der Waals surface area contributed by atoms with Gasteiger partial charge in [0, 0.05) is 17.3 Å². The second kappa shape index (κ2) is 9.77. The van der Waals surface area contributed by atoms with E-state index in [0.717, 1.165) is 16.6 Å². The number of rotatable bonds is 7. The summed E-state index contributed by atoms with van der Waals surface area (Å²) in [6, 6.07) is 18.1. The molecule has 1 atom stereocenters. The molecule has 3 aromatic carbocycles. The molecule has 0 fully saturated rings. The third kappa shape index (κ3) is 4.08. The summed E-state index contributed by atoms with van der Waals surface area (Å²) in [4.78, 5) is 18.8. The van der Waals surface area contributed by atoms with Crippen molar-refractivity contribution in [3.05, 3.63) is 77.5 Å². The molecule has 0 saturated heterocycles. The Hall–Kier alpha value is -4.66. The van der Waals surface area contributed by atoms with E-state index in [-0.39, 0.29) is 5.91 Å². The molecule has 0 saturated carbocycles. The van der Waals surface area contributed by atoms with Gasteiger partial charge in [0.1, 0.15) is 11.5 Å². The van der Waals surface area contributed by atoms with Crippen molar-refractivity contribution in [1.29, 1.82) is 0 Å². The third-order valence-electron chi connectivity index (χ3n) is 6.46. The predicted octanol–water partition coefficient (Wildman–Crippen LogP) is 5.00. The zero-order valence-corrected chi connectivity index (χ0v) is 21.3. The Labute approximate surface area is 214 Å². The van der Waals surface area contributed by atoms with Crippen molar-refractivity contribution in [3.63, 3.8) is 0 Å². The largest absolute Gasteiger partial charge is 0.496 e. The lowest BCUT2D eigenvalue weighted by atomic mass is 9.93. The fraction of sp³-hybridized carbons (Fsp3) is 0.214. The van der Waals surface area contributed by atoms with Crippen molar-refractivity contribution in [3.8, 4) is 23.0 Å². The van der Waals surface area contributed by atoms with E-state index in [1.807, 2.05) is 54.0 Å². The number of carbonyl (C=O) groups excluding carboxylic acids is 1. The maximum atomic E-state index is 14.0. The van der Waals surface area contributed by atoms with E-state index < -0.39 is 6.04 Å². The molecule has 0 aliphatic carbocycles. The highest BCUT2D eigenvalue weighted by atomic mass is 16.5. The third-order valence-corrected chi connectivity index (χ3v) is 6.46. The summed E-state index contributed by atoms with van der Waals surface area (Å²) in [5.74, 6) is 2.48. The van der Waals surface area contributed by atoms with Crippen LogP contribution in [0.25, 0.3) is 11.0 Å². The number of allylic oxidation sites excluding steroid dienone is 1. The molecule has 4 aromatic rings. The van der Waals surface area contributed by atoms with Crippen LogP contribution in [0.2, 0.25) is 0 Å². The number of imidazole rings is 1. The van der Waals surface area contributed by atoms with Crippen LogP contribution >= 0.6 is 0 Å². The molecular weight excluding hydrogens is 472 g/mol. The SMILES string of the molecule is COc1ccccc1NC(=O)C1=C(C)Nc2nc3ccccc3n2[C@@H]1c1cc(OC)c(OC)cc1OC. The monoisotopic (exact) mass is 500 g/mol.